The van der Waals surface area contributed by atoms with Gasteiger partial charge in [-0.1, -0.05) is 24.3 Å². The molecular formula is C23H24N6O. The van der Waals surface area contributed by atoms with Crippen LogP contribution in [0.4, 0.5) is 5.95 Å². The minimum atomic E-state index is 0.415. The van der Waals surface area contributed by atoms with Gasteiger partial charge in [-0.25, -0.2) is 9.97 Å². The van der Waals surface area contributed by atoms with Gasteiger partial charge in [0, 0.05) is 30.5 Å². The maximum absolute atomic E-state index is 5.59. The van der Waals surface area contributed by atoms with Crippen LogP contribution in [0.15, 0.2) is 53.4 Å². The average Bonchev–Trinajstić information content (AvgIpc) is 3.36. The molecule has 3 aliphatic heterocycles. The molecule has 7 rings (SSSR count). The van der Waals surface area contributed by atoms with E-state index >= 15 is 0 Å². The minimum absolute atomic E-state index is 0.415. The minimum Gasteiger partial charge on any atom is -0.432 e. The molecule has 3 saturated heterocycles. The molecule has 1 unspecified atom stereocenters. The van der Waals surface area contributed by atoms with Crippen molar-refractivity contribution in [3.05, 3.63) is 54.6 Å². The van der Waals surface area contributed by atoms with Crippen LogP contribution in [0.2, 0.25) is 0 Å². The fourth-order valence-electron chi connectivity index (χ4n) is 4.91. The Kier molecular flexibility index (Phi) is 4.09. The Balaban J connectivity index is 1.41. The first-order valence-electron chi connectivity index (χ1n) is 10.6. The van der Waals surface area contributed by atoms with Gasteiger partial charge < -0.3 is 14.6 Å². The molecule has 3 aromatic heterocycles. The quantitative estimate of drug-likeness (QED) is 0.561. The number of piperidine rings is 3. The predicted octanol–water partition coefficient (Wildman–Crippen LogP) is 3.87. The Bertz CT molecular complexity index is 1200. The zero-order valence-electron chi connectivity index (χ0n) is 17.0. The summed E-state index contributed by atoms with van der Waals surface area (Å²) in [7, 11) is 0. The van der Waals surface area contributed by atoms with Gasteiger partial charge in [-0.2, -0.15) is 4.98 Å². The topological polar surface area (TPSA) is 71.5 Å². The molecule has 0 aliphatic carbocycles. The van der Waals surface area contributed by atoms with Crippen molar-refractivity contribution in [3.63, 3.8) is 0 Å². The number of aryl methyl sites for hydroxylation is 1. The summed E-state index contributed by atoms with van der Waals surface area (Å²) in [5.41, 5.74) is 4.88. The lowest BCUT2D eigenvalue weighted by Crippen LogP contribution is -2.53. The van der Waals surface area contributed by atoms with Crippen molar-refractivity contribution in [1.29, 1.82) is 0 Å². The first-order chi connectivity index (χ1) is 14.8. The van der Waals surface area contributed by atoms with Crippen LogP contribution in [-0.4, -0.2) is 49.9 Å². The Hall–Kier alpha value is -3.19. The first kappa shape index (κ1) is 17.7. The van der Waals surface area contributed by atoms with Crippen molar-refractivity contribution in [2.75, 3.05) is 25.0 Å². The van der Waals surface area contributed by atoms with Crippen molar-refractivity contribution < 1.29 is 4.42 Å². The zero-order chi connectivity index (χ0) is 20.1. The van der Waals surface area contributed by atoms with Crippen molar-refractivity contribution >= 4 is 11.8 Å². The summed E-state index contributed by atoms with van der Waals surface area (Å²) in [6.07, 6.45) is 7.89. The van der Waals surface area contributed by atoms with Crippen molar-refractivity contribution in [3.8, 4) is 22.6 Å². The van der Waals surface area contributed by atoms with E-state index in [1.54, 1.807) is 6.26 Å². The Morgan fingerprint density at radius 2 is 1.97 bits per heavy atom. The molecule has 1 atom stereocenters. The molecule has 7 heteroatoms. The SMILES string of the molecule is Cc1ccccc1-c1nc2occn2c1-c1ccnc(NC2CN3CCC2CC3)n1. The predicted molar refractivity (Wildman–Crippen MR) is 115 cm³/mol. The van der Waals surface area contributed by atoms with Crippen molar-refractivity contribution in [1.82, 2.24) is 24.3 Å². The van der Waals surface area contributed by atoms with Gasteiger partial charge in [0.1, 0.15) is 17.7 Å². The van der Waals surface area contributed by atoms with Crippen molar-refractivity contribution in [2.45, 2.75) is 25.8 Å². The highest BCUT2D eigenvalue weighted by Gasteiger charge is 2.34. The van der Waals surface area contributed by atoms with E-state index in [1.165, 1.54) is 31.5 Å². The summed E-state index contributed by atoms with van der Waals surface area (Å²) in [5, 5.41) is 3.61. The second-order valence-corrected chi connectivity index (χ2v) is 8.33. The Morgan fingerprint density at radius 3 is 2.77 bits per heavy atom. The van der Waals surface area contributed by atoms with E-state index in [1.807, 2.05) is 35.0 Å². The van der Waals surface area contributed by atoms with Gasteiger partial charge in [0.25, 0.3) is 0 Å². The number of benzene rings is 1. The van der Waals surface area contributed by atoms with E-state index in [2.05, 4.69) is 34.3 Å². The molecule has 152 valence electrons. The first-order valence-corrected chi connectivity index (χ1v) is 10.6. The average molecular weight is 400 g/mol. The molecule has 30 heavy (non-hydrogen) atoms. The molecule has 0 radical (unpaired) electrons. The zero-order valence-corrected chi connectivity index (χ0v) is 17.0. The second-order valence-electron chi connectivity index (χ2n) is 8.33. The summed E-state index contributed by atoms with van der Waals surface area (Å²) in [6.45, 7) is 5.61. The summed E-state index contributed by atoms with van der Waals surface area (Å²) < 4.78 is 7.56. The molecule has 6 heterocycles. The third-order valence-electron chi connectivity index (χ3n) is 6.53. The lowest BCUT2D eigenvalue weighted by Gasteiger charge is -2.44. The molecule has 0 spiro atoms. The lowest BCUT2D eigenvalue weighted by atomic mass is 9.84. The van der Waals surface area contributed by atoms with Gasteiger partial charge in [-0.05, 0) is 50.4 Å². The Labute approximate surface area is 174 Å². The summed E-state index contributed by atoms with van der Waals surface area (Å²) in [5.74, 6) is 1.95. The highest BCUT2D eigenvalue weighted by atomic mass is 16.3. The fourth-order valence-corrected chi connectivity index (χ4v) is 4.91. The summed E-state index contributed by atoms with van der Waals surface area (Å²) in [6, 6.07) is 10.6. The van der Waals surface area contributed by atoms with Gasteiger partial charge in [0.15, 0.2) is 0 Å². The van der Waals surface area contributed by atoms with E-state index in [4.69, 9.17) is 14.4 Å². The van der Waals surface area contributed by atoms with Crippen LogP contribution in [-0.2, 0) is 0 Å². The van der Waals surface area contributed by atoms with Gasteiger partial charge in [0.2, 0.25) is 5.95 Å². The van der Waals surface area contributed by atoms with Gasteiger partial charge in [-0.3, -0.25) is 4.40 Å². The van der Waals surface area contributed by atoms with Crippen LogP contribution in [0.3, 0.4) is 0 Å². The van der Waals surface area contributed by atoms with Crippen LogP contribution in [0.25, 0.3) is 28.5 Å². The lowest BCUT2D eigenvalue weighted by molar-refractivity contribution is 0.0972. The van der Waals surface area contributed by atoms with E-state index in [0.29, 0.717) is 23.8 Å². The van der Waals surface area contributed by atoms with E-state index < -0.39 is 0 Å². The van der Waals surface area contributed by atoms with Gasteiger partial charge >= 0.3 is 5.84 Å². The molecule has 3 fully saturated rings. The van der Waals surface area contributed by atoms with Crippen LogP contribution in [0.5, 0.6) is 0 Å². The molecule has 1 aromatic carbocycles. The van der Waals surface area contributed by atoms with Crippen LogP contribution in [0.1, 0.15) is 18.4 Å². The van der Waals surface area contributed by atoms with Crippen molar-refractivity contribution in [2.24, 2.45) is 5.92 Å². The fraction of sp³-hybridized carbons (Fsp3) is 0.348. The maximum Gasteiger partial charge on any atom is 0.306 e. The number of aromatic nitrogens is 4. The Morgan fingerprint density at radius 1 is 1.10 bits per heavy atom. The molecule has 0 amide bonds. The molecule has 4 aromatic rings. The number of anilines is 1. The maximum atomic E-state index is 5.59. The number of hydrogen-bond donors (Lipinski definition) is 1. The monoisotopic (exact) mass is 400 g/mol. The van der Waals surface area contributed by atoms with Crippen LogP contribution < -0.4 is 5.32 Å². The number of imidazole rings is 1. The number of hydrogen-bond acceptors (Lipinski definition) is 6. The van der Waals surface area contributed by atoms with Crippen LogP contribution in [0, 0.1) is 12.8 Å². The standard InChI is InChI=1S/C23H24N6O/c1-15-4-2-3-5-17(15)20-21(29-12-13-30-23(29)27-20)18-6-9-24-22(25-18)26-19-14-28-10-7-16(19)8-11-28/h2-6,9,12-13,16,19H,7-8,10-11,14H2,1H3,(H,24,25,26). The number of rotatable bonds is 4. The van der Waals surface area contributed by atoms with E-state index in [0.717, 1.165) is 29.2 Å². The molecule has 0 saturated carbocycles. The van der Waals surface area contributed by atoms with Crippen LogP contribution >= 0.6 is 0 Å². The van der Waals surface area contributed by atoms with E-state index in [-0.39, 0.29) is 0 Å². The largest absolute Gasteiger partial charge is 0.432 e. The highest BCUT2D eigenvalue weighted by molar-refractivity contribution is 5.81. The second kappa shape index (κ2) is 6.95. The molecule has 3 aliphatic rings. The number of oxazole rings is 1. The summed E-state index contributed by atoms with van der Waals surface area (Å²) >= 11 is 0. The third kappa shape index (κ3) is 2.89. The molecule has 2 bridgehead atoms. The molecule has 1 N–H and O–H groups in total. The number of nitrogens with one attached hydrogen (secondary N) is 1. The summed E-state index contributed by atoms with van der Waals surface area (Å²) in [4.78, 5) is 16.7. The van der Waals surface area contributed by atoms with E-state index in [9.17, 15) is 0 Å². The molecular weight excluding hydrogens is 376 g/mol. The van der Waals surface area contributed by atoms with Gasteiger partial charge in [0.05, 0.1) is 5.69 Å². The smallest absolute Gasteiger partial charge is 0.306 e. The number of nitrogens with zero attached hydrogens (tertiary/aromatic N) is 5. The highest BCUT2D eigenvalue weighted by Crippen LogP contribution is 2.34. The third-order valence-corrected chi connectivity index (χ3v) is 6.53. The normalized spacial score (nSPS) is 23.2. The number of fused-ring (bicyclic) bond motifs is 4. The van der Waals surface area contributed by atoms with Gasteiger partial charge in [-0.15, -0.1) is 0 Å². The molecule has 7 nitrogen and oxygen atoms in total.